The van der Waals surface area contributed by atoms with Crippen molar-refractivity contribution >= 4 is 35.2 Å². The first-order valence-corrected chi connectivity index (χ1v) is 8.02. The summed E-state index contributed by atoms with van der Waals surface area (Å²) in [7, 11) is 2.97. The molecule has 136 valence electrons. The van der Waals surface area contributed by atoms with Crippen LogP contribution < -0.4 is 14.8 Å². The molecule has 0 saturated heterocycles. The third-order valence-corrected chi connectivity index (χ3v) is 3.55. The van der Waals surface area contributed by atoms with E-state index < -0.39 is 11.9 Å². The van der Waals surface area contributed by atoms with Crippen molar-refractivity contribution in [2.45, 2.75) is 0 Å². The van der Waals surface area contributed by atoms with E-state index in [4.69, 9.17) is 25.8 Å². The first kappa shape index (κ1) is 19.3. The molecule has 2 aromatic rings. The molecule has 7 heteroatoms. The molecule has 0 aliphatic carbocycles. The van der Waals surface area contributed by atoms with Crippen molar-refractivity contribution in [1.82, 2.24) is 0 Å². The van der Waals surface area contributed by atoms with Gasteiger partial charge in [0.25, 0.3) is 5.91 Å². The van der Waals surface area contributed by atoms with Gasteiger partial charge in [-0.3, -0.25) is 4.79 Å². The summed E-state index contributed by atoms with van der Waals surface area (Å²) in [6, 6.07) is 12.2. The fraction of sp³-hybridized carbons (Fsp3) is 0.158. The second-order valence-electron chi connectivity index (χ2n) is 5.09. The van der Waals surface area contributed by atoms with Gasteiger partial charge in [0.2, 0.25) is 0 Å². The van der Waals surface area contributed by atoms with Gasteiger partial charge in [-0.05, 0) is 35.9 Å². The zero-order valence-corrected chi connectivity index (χ0v) is 15.1. The van der Waals surface area contributed by atoms with E-state index in [9.17, 15) is 9.59 Å². The molecular formula is C19H18ClNO5. The Morgan fingerprint density at radius 3 is 2.50 bits per heavy atom. The summed E-state index contributed by atoms with van der Waals surface area (Å²) in [5.74, 6) is -0.229. The SMILES string of the molecule is COc1cc(/C=C/C(=O)OCC(=O)Nc2ccccc2)cc(Cl)c1OC. The van der Waals surface area contributed by atoms with E-state index in [1.807, 2.05) is 6.07 Å². The van der Waals surface area contributed by atoms with Gasteiger partial charge in [0, 0.05) is 11.8 Å². The van der Waals surface area contributed by atoms with Crippen LogP contribution >= 0.6 is 11.6 Å². The Hall–Kier alpha value is -2.99. The molecule has 0 radical (unpaired) electrons. The van der Waals surface area contributed by atoms with Crippen LogP contribution in [0.1, 0.15) is 5.56 Å². The lowest BCUT2D eigenvalue weighted by molar-refractivity contribution is -0.142. The molecule has 2 aromatic carbocycles. The predicted octanol–water partition coefficient (Wildman–Crippen LogP) is 3.55. The lowest BCUT2D eigenvalue weighted by Crippen LogP contribution is -2.20. The van der Waals surface area contributed by atoms with Crippen LogP contribution in [-0.4, -0.2) is 32.7 Å². The molecule has 1 amide bonds. The third-order valence-electron chi connectivity index (χ3n) is 3.27. The topological polar surface area (TPSA) is 73.9 Å². The van der Waals surface area contributed by atoms with Crippen LogP contribution in [0.25, 0.3) is 6.08 Å². The number of anilines is 1. The molecule has 2 rings (SSSR count). The number of esters is 1. The van der Waals surface area contributed by atoms with E-state index in [0.29, 0.717) is 27.8 Å². The Labute approximate surface area is 156 Å². The number of benzene rings is 2. The number of methoxy groups -OCH3 is 2. The van der Waals surface area contributed by atoms with Crippen molar-refractivity contribution < 1.29 is 23.8 Å². The Morgan fingerprint density at radius 2 is 1.85 bits per heavy atom. The molecule has 0 fully saturated rings. The van der Waals surface area contributed by atoms with Gasteiger partial charge in [0.05, 0.1) is 19.2 Å². The molecule has 0 aliphatic heterocycles. The van der Waals surface area contributed by atoms with Crippen LogP contribution in [0.2, 0.25) is 5.02 Å². The van der Waals surface area contributed by atoms with E-state index in [0.717, 1.165) is 0 Å². The molecule has 0 saturated carbocycles. The van der Waals surface area contributed by atoms with Gasteiger partial charge >= 0.3 is 5.97 Å². The highest BCUT2D eigenvalue weighted by Gasteiger charge is 2.10. The summed E-state index contributed by atoms with van der Waals surface area (Å²) in [5, 5.41) is 2.97. The molecule has 1 N–H and O–H groups in total. The van der Waals surface area contributed by atoms with E-state index in [1.165, 1.54) is 26.4 Å². The number of hydrogen-bond donors (Lipinski definition) is 1. The van der Waals surface area contributed by atoms with Gasteiger partial charge in [-0.1, -0.05) is 29.8 Å². The Balaban J connectivity index is 1.91. The molecule has 0 atom stereocenters. The fourth-order valence-electron chi connectivity index (χ4n) is 2.10. The first-order valence-electron chi connectivity index (χ1n) is 7.64. The summed E-state index contributed by atoms with van der Waals surface area (Å²) in [5.41, 5.74) is 1.25. The number of para-hydroxylation sites is 1. The fourth-order valence-corrected chi connectivity index (χ4v) is 2.40. The Morgan fingerprint density at radius 1 is 1.12 bits per heavy atom. The summed E-state index contributed by atoms with van der Waals surface area (Å²) in [6.07, 6.45) is 2.71. The standard InChI is InChI=1S/C19H18ClNO5/c1-24-16-11-13(10-15(20)19(16)25-2)8-9-18(23)26-12-17(22)21-14-6-4-3-5-7-14/h3-11H,12H2,1-2H3,(H,21,22)/b9-8+. The number of carbonyl (C=O) groups excluding carboxylic acids is 2. The van der Waals surface area contributed by atoms with Crippen LogP contribution in [0, 0.1) is 0 Å². The van der Waals surface area contributed by atoms with Crippen molar-refractivity contribution in [3.63, 3.8) is 0 Å². The van der Waals surface area contributed by atoms with E-state index in [2.05, 4.69) is 5.32 Å². The molecule has 0 bridgehead atoms. The van der Waals surface area contributed by atoms with Crippen molar-refractivity contribution in [3.05, 3.63) is 59.1 Å². The van der Waals surface area contributed by atoms with E-state index >= 15 is 0 Å². The van der Waals surface area contributed by atoms with Gasteiger partial charge in [0.1, 0.15) is 0 Å². The molecule has 26 heavy (non-hydrogen) atoms. The van der Waals surface area contributed by atoms with Crippen LogP contribution in [0.3, 0.4) is 0 Å². The van der Waals surface area contributed by atoms with Crippen LogP contribution in [0.5, 0.6) is 11.5 Å². The van der Waals surface area contributed by atoms with Gasteiger partial charge in [-0.15, -0.1) is 0 Å². The molecule has 6 nitrogen and oxygen atoms in total. The summed E-state index contributed by atoms with van der Waals surface area (Å²) >= 11 is 6.10. The first-order chi connectivity index (χ1) is 12.5. The summed E-state index contributed by atoms with van der Waals surface area (Å²) in [6.45, 7) is -0.384. The average molecular weight is 376 g/mol. The maximum absolute atomic E-state index is 11.8. The van der Waals surface area contributed by atoms with Crippen molar-refractivity contribution in [2.24, 2.45) is 0 Å². The number of halogens is 1. The van der Waals surface area contributed by atoms with Crippen LogP contribution in [-0.2, 0) is 14.3 Å². The lowest BCUT2D eigenvalue weighted by Gasteiger charge is -2.10. The lowest BCUT2D eigenvalue weighted by atomic mass is 10.2. The zero-order chi connectivity index (χ0) is 18.9. The summed E-state index contributed by atoms with van der Waals surface area (Å²) < 4.78 is 15.2. The molecule has 0 aromatic heterocycles. The second-order valence-corrected chi connectivity index (χ2v) is 5.50. The maximum atomic E-state index is 11.8. The number of carbonyl (C=O) groups is 2. The number of hydrogen-bond acceptors (Lipinski definition) is 5. The van der Waals surface area contributed by atoms with E-state index in [-0.39, 0.29) is 6.61 Å². The number of amides is 1. The highest BCUT2D eigenvalue weighted by atomic mass is 35.5. The van der Waals surface area contributed by atoms with Gasteiger partial charge < -0.3 is 19.5 Å². The maximum Gasteiger partial charge on any atom is 0.331 e. The number of nitrogens with one attached hydrogen (secondary N) is 1. The number of ether oxygens (including phenoxy) is 3. The minimum Gasteiger partial charge on any atom is -0.493 e. The van der Waals surface area contributed by atoms with Crippen molar-refractivity contribution in [2.75, 3.05) is 26.1 Å². The van der Waals surface area contributed by atoms with Gasteiger partial charge in [-0.25, -0.2) is 4.79 Å². The van der Waals surface area contributed by atoms with Crippen LogP contribution in [0.15, 0.2) is 48.5 Å². The highest BCUT2D eigenvalue weighted by molar-refractivity contribution is 6.32. The Kier molecular flexibility index (Phi) is 7.05. The predicted molar refractivity (Wildman–Crippen MR) is 99.6 cm³/mol. The second kappa shape index (κ2) is 9.48. The van der Waals surface area contributed by atoms with Crippen molar-refractivity contribution in [3.8, 4) is 11.5 Å². The van der Waals surface area contributed by atoms with E-state index in [1.54, 1.807) is 36.4 Å². The molecule has 0 spiro atoms. The minimum absolute atomic E-state index is 0.349. The zero-order valence-electron chi connectivity index (χ0n) is 14.3. The van der Waals surface area contributed by atoms with Crippen LogP contribution in [0.4, 0.5) is 5.69 Å². The monoisotopic (exact) mass is 375 g/mol. The Bertz CT molecular complexity index is 805. The molecular weight excluding hydrogens is 358 g/mol. The minimum atomic E-state index is -0.654. The number of rotatable bonds is 7. The van der Waals surface area contributed by atoms with Crippen molar-refractivity contribution in [1.29, 1.82) is 0 Å². The quantitative estimate of drug-likeness (QED) is 0.591. The third kappa shape index (κ3) is 5.53. The van der Waals surface area contributed by atoms with Gasteiger partial charge in [-0.2, -0.15) is 0 Å². The smallest absolute Gasteiger partial charge is 0.331 e. The largest absolute Gasteiger partial charge is 0.493 e. The molecule has 0 aliphatic rings. The normalized spacial score (nSPS) is 10.4. The molecule has 0 unspecified atom stereocenters. The molecule has 0 heterocycles. The summed E-state index contributed by atoms with van der Waals surface area (Å²) in [4.78, 5) is 23.5. The average Bonchev–Trinajstić information content (AvgIpc) is 2.65. The highest BCUT2D eigenvalue weighted by Crippen LogP contribution is 2.36. The van der Waals surface area contributed by atoms with Gasteiger partial charge in [0.15, 0.2) is 18.1 Å².